The number of carbonyl (C=O) groups is 1. The summed E-state index contributed by atoms with van der Waals surface area (Å²) in [4.78, 5) is 16.0. The molecule has 0 fully saturated rings. The Hall–Kier alpha value is -2.14. The van der Waals surface area contributed by atoms with Gasteiger partial charge in [0.2, 0.25) is 5.91 Å². The van der Waals surface area contributed by atoms with E-state index < -0.39 is 0 Å². The molecule has 1 amide bonds. The second-order valence-corrected chi connectivity index (χ2v) is 7.66. The van der Waals surface area contributed by atoms with Gasteiger partial charge in [-0.1, -0.05) is 37.3 Å². The SMILES string of the molecule is CCOc1ccccc1CNC(=O)CN1C[C@H](CC)Sc2ccccc21. The Morgan fingerprint density at radius 3 is 2.77 bits per heavy atom. The molecular formula is C21H26N2O2S. The van der Waals surface area contributed by atoms with Gasteiger partial charge in [-0.2, -0.15) is 0 Å². The zero-order chi connectivity index (χ0) is 18.4. The first-order valence-electron chi connectivity index (χ1n) is 9.19. The third kappa shape index (κ3) is 4.52. The van der Waals surface area contributed by atoms with Gasteiger partial charge >= 0.3 is 0 Å². The Bertz CT molecular complexity index is 750. The van der Waals surface area contributed by atoms with Gasteiger partial charge in [-0.3, -0.25) is 4.79 Å². The maximum Gasteiger partial charge on any atom is 0.239 e. The van der Waals surface area contributed by atoms with Gasteiger partial charge in [0.1, 0.15) is 5.75 Å². The van der Waals surface area contributed by atoms with Crippen molar-refractivity contribution in [3.63, 3.8) is 0 Å². The van der Waals surface area contributed by atoms with Crippen LogP contribution in [0.25, 0.3) is 0 Å². The van der Waals surface area contributed by atoms with Gasteiger partial charge < -0.3 is 15.0 Å². The number of hydrogen-bond donors (Lipinski definition) is 1. The molecule has 4 nitrogen and oxygen atoms in total. The van der Waals surface area contributed by atoms with E-state index in [-0.39, 0.29) is 5.91 Å². The molecule has 1 heterocycles. The molecule has 138 valence electrons. The number of carbonyl (C=O) groups excluding carboxylic acids is 1. The largest absolute Gasteiger partial charge is 0.494 e. The number of rotatable bonds is 7. The van der Waals surface area contributed by atoms with Crippen molar-refractivity contribution in [2.45, 2.75) is 37.0 Å². The van der Waals surface area contributed by atoms with Crippen molar-refractivity contribution in [1.82, 2.24) is 5.32 Å². The molecule has 2 aromatic carbocycles. The highest BCUT2D eigenvalue weighted by Crippen LogP contribution is 2.39. The van der Waals surface area contributed by atoms with Crippen molar-refractivity contribution in [3.8, 4) is 5.75 Å². The molecule has 2 aromatic rings. The van der Waals surface area contributed by atoms with Crippen LogP contribution in [-0.2, 0) is 11.3 Å². The van der Waals surface area contributed by atoms with Crippen molar-refractivity contribution in [3.05, 3.63) is 54.1 Å². The molecule has 3 rings (SSSR count). The summed E-state index contributed by atoms with van der Waals surface area (Å²) in [5.41, 5.74) is 2.16. The first-order chi connectivity index (χ1) is 12.7. The standard InChI is InChI=1S/C21H26N2O2S/c1-3-17-14-23(18-10-6-8-12-20(18)26-17)15-21(24)22-13-16-9-5-7-11-19(16)25-4-2/h5-12,17H,3-4,13-15H2,1-2H3,(H,22,24)/t17-/m0/s1. The molecule has 0 spiro atoms. The van der Waals surface area contributed by atoms with Crippen molar-refractivity contribution < 1.29 is 9.53 Å². The van der Waals surface area contributed by atoms with Crippen LogP contribution >= 0.6 is 11.8 Å². The number of ether oxygens (including phenoxy) is 1. The van der Waals surface area contributed by atoms with Crippen LogP contribution in [-0.4, -0.2) is 30.9 Å². The summed E-state index contributed by atoms with van der Waals surface area (Å²) in [5, 5.41) is 3.57. The average molecular weight is 371 g/mol. The molecule has 0 saturated carbocycles. The van der Waals surface area contributed by atoms with Gasteiger partial charge in [-0.05, 0) is 31.5 Å². The summed E-state index contributed by atoms with van der Waals surface area (Å²) in [6.45, 7) is 6.55. The molecule has 0 unspecified atom stereocenters. The first kappa shape index (κ1) is 18.6. The number of amides is 1. The fourth-order valence-corrected chi connectivity index (χ4v) is 4.37. The Kier molecular flexibility index (Phi) is 6.45. The fraction of sp³-hybridized carbons (Fsp3) is 0.381. The van der Waals surface area contributed by atoms with Gasteiger partial charge in [-0.25, -0.2) is 0 Å². The first-order valence-corrected chi connectivity index (χ1v) is 10.1. The summed E-state index contributed by atoms with van der Waals surface area (Å²) in [6, 6.07) is 16.2. The monoisotopic (exact) mass is 370 g/mol. The highest BCUT2D eigenvalue weighted by molar-refractivity contribution is 8.00. The van der Waals surface area contributed by atoms with E-state index in [1.54, 1.807) is 0 Å². The summed E-state index contributed by atoms with van der Waals surface area (Å²) in [6.07, 6.45) is 1.10. The van der Waals surface area contributed by atoms with Gasteiger partial charge in [0.05, 0.1) is 18.8 Å². The smallest absolute Gasteiger partial charge is 0.239 e. The Balaban J connectivity index is 1.63. The van der Waals surface area contributed by atoms with E-state index in [0.29, 0.717) is 24.9 Å². The zero-order valence-electron chi connectivity index (χ0n) is 15.4. The topological polar surface area (TPSA) is 41.6 Å². The van der Waals surface area contributed by atoms with Crippen LogP contribution in [0.1, 0.15) is 25.8 Å². The number of thioether (sulfide) groups is 1. The van der Waals surface area contributed by atoms with Crippen LogP contribution in [0.15, 0.2) is 53.4 Å². The highest BCUT2D eigenvalue weighted by Gasteiger charge is 2.25. The normalized spacial score (nSPS) is 16.1. The van der Waals surface area contributed by atoms with Gasteiger partial charge in [0.25, 0.3) is 0 Å². The van der Waals surface area contributed by atoms with E-state index >= 15 is 0 Å². The molecule has 0 aromatic heterocycles. The summed E-state index contributed by atoms with van der Waals surface area (Å²) in [5.74, 6) is 0.869. The molecule has 0 aliphatic carbocycles. The summed E-state index contributed by atoms with van der Waals surface area (Å²) < 4.78 is 5.63. The number of para-hydroxylation sites is 2. The van der Waals surface area contributed by atoms with Gasteiger partial charge in [0, 0.05) is 28.8 Å². The maximum atomic E-state index is 12.6. The molecule has 1 aliphatic rings. The van der Waals surface area contributed by atoms with E-state index in [1.165, 1.54) is 4.90 Å². The molecule has 1 atom stereocenters. The van der Waals surface area contributed by atoms with Gasteiger partial charge in [-0.15, -0.1) is 11.8 Å². The molecule has 0 radical (unpaired) electrons. The molecule has 0 saturated heterocycles. The van der Waals surface area contributed by atoms with Crippen molar-refractivity contribution in [1.29, 1.82) is 0 Å². The minimum absolute atomic E-state index is 0.0351. The predicted octanol–water partition coefficient (Wildman–Crippen LogP) is 4.09. The van der Waals surface area contributed by atoms with Crippen LogP contribution in [0.4, 0.5) is 5.69 Å². The number of benzene rings is 2. The number of nitrogens with one attached hydrogen (secondary N) is 1. The average Bonchev–Trinajstić information content (AvgIpc) is 2.67. The molecule has 5 heteroatoms. The molecular weight excluding hydrogens is 344 g/mol. The lowest BCUT2D eigenvalue weighted by molar-refractivity contribution is -0.119. The van der Waals surface area contributed by atoms with Crippen LogP contribution in [0.2, 0.25) is 0 Å². The number of nitrogens with zero attached hydrogens (tertiary/aromatic N) is 1. The third-order valence-corrected chi connectivity index (χ3v) is 5.88. The minimum Gasteiger partial charge on any atom is -0.494 e. The quantitative estimate of drug-likeness (QED) is 0.797. The lowest BCUT2D eigenvalue weighted by Gasteiger charge is -2.34. The van der Waals surface area contributed by atoms with Crippen LogP contribution in [0.5, 0.6) is 5.75 Å². The van der Waals surface area contributed by atoms with Crippen molar-refractivity contribution in [2.75, 3.05) is 24.6 Å². The lowest BCUT2D eigenvalue weighted by atomic mass is 10.2. The Labute approximate surface area is 159 Å². The van der Waals surface area contributed by atoms with E-state index in [9.17, 15) is 4.79 Å². The van der Waals surface area contributed by atoms with Crippen LogP contribution in [0.3, 0.4) is 0 Å². The third-order valence-electron chi connectivity index (χ3n) is 4.46. The van der Waals surface area contributed by atoms with E-state index in [4.69, 9.17) is 4.74 Å². The van der Waals surface area contributed by atoms with Crippen LogP contribution in [0, 0.1) is 0 Å². The van der Waals surface area contributed by atoms with E-state index in [2.05, 4.69) is 35.3 Å². The van der Waals surface area contributed by atoms with Crippen LogP contribution < -0.4 is 15.0 Å². The summed E-state index contributed by atoms with van der Waals surface area (Å²) >= 11 is 1.92. The van der Waals surface area contributed by atoms with E-state index in [1.807, 2.05) is 49.0 Å². The molecule has 1 aliphatic heterocycles. The van der Waals surface area contributed by atoms with Crippen molar-refractivity contribution in [2.24, 2.45) is 0 Å². The van der Waals surface area contributed by atoms with Crippen molar-refractivity contribution >= 4 is 23.4 Å². The molecule has 0 bridgehead atoms. The lowest BCUT2D eigenvalue weighted by Crippen LogP contribution is -2.42. The second kappa shape index (κ2) is 8.99. The van der Waals surface area contributed by atoms with Gasteiger partial charge in [0.15, 0.2) is 0 Å². The second-order valence-electron chi connectivity index (χ2n) is 6.31. The number of anilines is 1. The molecule has 1 N–H and O–H groups in total. The highest BCUT2D eigenvalue weighted by atomic mass is 32.2. The zero-order valence-corrected chi connectivity index (χ0v) is 16.2. The predicted molar refractivity (Wildman–Crippen MR) is 108 cm³/mol. The fourth-order valence-electron chi connectivity index (χ4n) is 3.11. The Morgan fingerprint density at radius 2 is 1.96 bits per heavy atom. The molecule has 26 heavy (non-hydrogen) atoms. The maximum absolute atomic E-state index is 12.6. The number of hydrogen-bond acceptors (Lipinski definition) is 4. The minimum atomic E-state index is 0.0351. The van der Waals surface area contributed by atoms with E-state index in [0.717, 1.165) is 30.0 Å². The Morgan fingerprint density at radius 1 is 1.19 bits per heavy atom. The summed E-state index contributed by atoms with van der Waals surface area (Å²) in [7, 11) is 0. The number of fused-ring (bicyclic) bond motifs is 1.